The first-order valence-corrected chi connectivity index (χ1v) is 12.4. The minimum atomic E-state index is -0.0269. The van der Waals surface area contributed by atoms with Crippen molar-refractivity contribution in [1.82, 2.24) is 30.1 Å². The highest BCUT2D eigenvalue weighted by molar-refractivity contribution is 5.80. The lowest BCUT2D eigenvalue weighted by molar-refractivity contribution is 0.110. The first-order valence-electron chi connectivity index (χ1n) is 12.4. The van der Waals surface area contributed by atoms with Gasteiger partial charge in [-0.15, -0.1) is 5.10 Å². The minimum Gasteiger partial charge on any atom is -0.497 e. The lowest BCUT2D eigenvalue weighted by Gasteiger charge is -2.35. The van der Waals surface area contributed by atoms with Crippen molar-refractivity contribution in [3.63, 3.8) is 0 Å². The van der Waals surface area contributed by atoms with Gasteiger partial charge in [0.2, 0.25) is 0 Å². The molecule has 33 heavy (non-hydrogen) atoms. The summed E-state index contributed by atoms with van der Waals surface area (Å²) in [5.74, 6) is 1.74. The van der Waals surface area contributed by atoms with E-state index in [0.717, 1.165) is 60.1 Å². The van der Waals surface area contributed by atoms with E-state index in [1.165, 1.54) is 25.7 Å². The van der Waals surface area contributed by atoms with Crippen LogP contribution in [-0.2, 0) is 6.54 Å². The van der Waals surface area contributed by atoms with Crippen molar-refractivity contribution in [2.24, 2.45) is 0 Å². The Balaban J connectivity index is 1.51. The molecular formula is C25H34N6O2. The summed E-state index contributed by atoms with van der Waals surface area (Å²) in [7, 11) is 1.66. The smallest absolute Gasteiger partial charge is 0.252 e. The average Bonchev–Trinajstić information content (AvgIpc) is 3.61. The molecule has 0 saturated heterocycles. The van der Waals surface area contributed by atoms with Crippen molar-refractivity contribution < 1.29 is 4.74 Å². The van der Waals surface area contributed by atoms with Gasteiger partial charge >= 0.3 is 0 Å². The summed E-state index contributed by atoms with van der Waals surface area (Å²) in [6.07, 6.45) is 10.4. The fourth-order valence-corrected chi connectivity index (χ4v) is 5.79. The SMILES string of the molecule is CCC(c1nnnn1C1CCCC1)N(Cc1cc2cc(OC)ccc2[nH]c1=O)C1CCCC1. The number of methoxy groups -OCH3 is 1. The van der Waals surface area contributed by atoms with Crippen molar-refractivity contribution in [1.29, 1.82) is 0 Å². The molecule has 0 bridgehead atoms. The second kappa shape index (κ2) is 9.63. The molecule has 2 aliphatic carbocycles. The van der Waals surface area contributed by atoms with E-state index < -0.39 is 0 Å². The van der Waals surface area contributed by atoms with Gasteiger partial charge in [-0.25, -0.2) is 4.68 Å². The number of aromatic nitrogens is 5. The quantitative estimate of drug-likeness (QED) is 0.542. The van der Waals surface area contributed by atoms with E-state index in [9.17, 15) is 4.79 Å². The van der Waals surface area contributed by atoms with Gasteiger partial charge in [0.05, 0.1) is 19.2 Å². The Morgan fingerprint density at radius 2 is 1.91 bits per heavy atom. The van der Waals surface area contributed by atoms with E-state index in [-0.39, 0.29) is 11.6 Å². The number of rotatable bonds is 8. The molecule has 2 heterocycles. The Bertz CT molecular complexity index is 1140. The second-order valence-electron chi connectivity index (χ2n) is 9.53. The summed E-state index contributed by atoms with van der Waals surface area (Å²) in [6, 6.07) is 8.69. The lowest BCUT2D eigenvalue weighted by Crippen LogP contribution is -2.39. The number of tetrazole rings is 1. The number of fused-ring (bicyclic) bond motifs is 1. The highest BCUT2D eigenvalue weighted by atomic mass is 16.5. The van der Waals surface area contributed by atoms with Gasteiger partial charge in [0.15, 0.2) is 5.82 Å². The average molecular weight is 451 g/mol. The van der Waals surface area contributed by atoms with E-state index in [1.54, 1.807) is 7.11 Å². The predicted molar refractivity (Wildman–Crippen MR) is 127 cm³/mol. The summed E-state index contributed by atoms with van der Waals surface area (Å²) in [4.78, 5) is 18.6. The van der Waals surface area contributed by atoms with Crippen LogP contribution in [0.5, 0.6) is 5.75 Å². The third kappa shape index (κ3) is 4.40. The molecule has 8 heteroatoms. The molecule has 0 radical (unpaired) electrons. The molecule has 1 aromatic carbocycles. The van der Waals surface area contributed by atoms with Crippen LogP contribution in [0.2, 0.25) is 0 Å². The Morgan fingerprint density at radius 1 is 1.15 bits per heavy atom. The summed E-state index contributed by atoms with van der Waals surface area (Å²) >= 11 is 0. The molecule has 1 unspecified atom stereocenters. The maximum atomic E-state index is 13.1. The van der Waals surface area contributed by atoms with Crippen LogP contribution in [-0.4, -0.2) is 43.2 Å². The van der Waals surface area contributed by atoms with E-state index >= 15 is 0 Å². The monoisotopic (exact) mass is 450 g/mol. The van der Waals surface area contributed by atoms with E-state index in [2.05, 4.69) is 37.0 Å². The van der Waals surface area contributed by atoms with Crippen molar-refractivity contribution in [3.8, 4) is 5.75 Å². The van der Waals surface area contributed by atoms with Crippen LogP contribution in [0, 0.1) is 0 Å². The van der Waals surface area contributed by atoms with Crippen LogP contribution >= 0.6 is 0 Å². The largest absolute Gasteiger partial charge is 0.497 e. The van der Waals surface area contributed by atoms with Gasteiger partial charge in [-0.1, -0.05) is 32.6 Å². The number of pyridine rings is 1. The van der Waals surface area contributed by atoms with Crippen LogP contribution in [0.1, 0.15) is 88.2 Å². The van der Waals surface area contributed by atoms with Crippen molar-refractivity contribution >= 4 is 10.9 Å². The molecule has 2 aliphatic rings. The van der Waals surface area contributed by atoms with Gasteiger partial charge in [-0.05, 0) is 66.8 Å². The zero-order valence-corrected chi connectivity index (χ0v) is 19.7. The van der Waals surface area contributed by atoms with Gasteiger partial charge in [0, 0.05) is 29.1 Å². The molecule has 0 spiro atoms. The molecule has 8 nitrogen and oxygen atoms in total. The van der Waals surface area contributed by atoms with E-state index in [1.807, 2.05) is 24.3 Å². The van der Waals surface area contributed by atoms with E-state index in [0.29, 0.717) is 18.6 Å². The Morgan fingerprint density at radius 3 is 2.64 bits per heavy atom. The van der Waals surface area contributed by atoms with Crippen molar-refractivity contribution in [2.45, 2.75) is 89.4 Å². The molecule has 2 saturated carbocycles. The molecule has 176 valence electrons. The van der Waals surface area contributed by atoms with Gasteiger partial charge < -0.3 is 9.72 Å². The first-order chi connectivity index (χ1) is 16.2. The van der Waals surface area contributed by atoms with Crippen LogP contribution in [0.4, 0.5) is 0 Å². The Hall–Kier alpha value is -2.74. The molecule has 0 amide bonds. The van der Waals surface area contributed by atoms with E-state index in [4.69, 9.17) is 4.74 Å². The van der Waals surface area contributed by atoms with Crippen LogP contribution in [0.3, 0.4) is 0 Å². The minimum absolute atomic E-state index is 0.0269. The van der Waals surface area contributed by atoms with Gasteiger partial charge in [0.1, 0.15) is 5.75 Å². The summed E-state index contributed by atoms with van der Waals surface area (Å²) in [5.41, 5.74) is 1.58. The topological polar surface area (TPSA) is 88.9 Å². The number of hydrogen-bond acceptors (Lipinski definition) is 6. The third-order valence-electron chi connectivity index (χ3n) is 7.55. The number of nitrogens with zero attached hydrogens (tertiary/aromatic N) is 5. The Labute approximate surface area is 194 Å². The Kier molecular flexibility index (Phi) is 6.44. The van der Waals surface area contributed by atoms with Crippen LogP contribution in [0.25, 0.3) is 10.9 Å². The van der Waals surface area contributed by atoms with Gasteiger partial charge in [-0.2, -0.15) is 0 Å². The predicted octanol–water partition coefficient (Wildman–Crippen LogP) is 4.53. The number of benzene rings is 1. The molecule has 0 aliphatic heterocycles. The van der Waals surface area contributed by atoms with Crippen molar-refractivity contribution in [3.05, 3.63) is 46.0 Å². The molecule has 3 aromatic rings. The molecule has 2 fully saturated rings. The highest BCUT2D eigenvalue weighted by Gasteiger charge is 2.34. The van der Waals surface area contributed by atoms with Crippen LogP contribution in [0.15, 0.2) is 29.1 Å². The molecule has 1 atom stereocenters. The fourth-order valence-electron chi connectivity index (χ4n) is 5.79. The van der Waals surface area contributed by atoms with Crippen LogP contribution < -0.4 is 10.3 Å². The normalized spacial score (nSPS) is 18.5. The van der Waals surface area contributed by atoms with Gasteiger partial charge in [-0.3, -0.25) is 9.69 Å². The summed E-state index contributed by atoms with van der Waals surface area (Å²) < 4.78 is 7.48. The molecule has 1 N–H and O–H groups in total. The maximum absolute atomic E-state index is 13.1. The zero-order valence-electron chi connectivity index (χ0n) is 19.7. The first kappa shape index (κ1) is 22.1. The second-order valence-corrected chi connectivity index (χ2v) is 9.53. The third-order valence-corrected chi connectivity index (χ3v) is 7.55. The summed E-state index contributed by atoms with van der Waals surface area (Å²) in [6.45, 7) is 2.79. The maximum Gasteiger partial charge on any atom is 0.252 e. The number of ether oxygens (including phenoxy) is 1. The van der Waals surface area contributed by atoms with Crippen molar-refractivity contribution in [2.75, 3.05) is 7.11 Å². The zero-order chi connectivity index (χ0) is 22.8. The lowest BCUT2D eigenvalue weighted by atomic mass is 10.0. The van der Waals surface area contributed by atoms with Gasteiger partial charge in [0.25, 0.3) is 5.56 Å². The molecule has 2 aromatic heterocycles. The summed E-state index contributed by atoms with van der Waals surface area (Å²) in [5, 5.41) is 14.0. The number of aromatic amines is 1. The molecule has 5 rings (SSSR count). The number of hydrogen-bond donors (Lipinski definition) is 1. The fraction of sp³-hybridized carbons (Fsp3) is 0.600. The number of nitrogens with one attached hydrogen (secondary N) is 1. The number of H-pyrrole nitrogens is 1. The standard InChI is InChI=1S/C25H34N6O2/c1-3-23(24-27-28-29-31(24)20-10-6-7-11-20)30(19-8-4-5-9-19)16-18-14-17-15-21(33-2)12-13-22(17)26-25(18)32/h12-15,19-20,23H,3-11,16H2,1-2H3,(H,26,32). The highest BCUT2D eigenvalue weighted by Crippen LogP contribution is 2.36. The molecular weight excluding hydrogens is 416 g/mol.